The van der Waals surface area contributed by atoms with Gasteiger partial charge in [0.05, 0.1) is 12.2 Å². The van der Waals surface area contributed by atoms with Crippen molar-refractivity contribution in [3.63, 3.8) is 0 Å². The summed E-state index contributed by atoms with van der Waals surface area (Å²) in [6, 6.07) is 2.05. The number of carbonyl (C=O) groups excluding carboxylic acids is 2. The lowest BCUT2D eigenvalue weighted by molar-refractivity contribution is -0.122. The second-order valence-electron chi connectivity index (χ2n) is 5.74. The fourth-order valence-corrected chi connectivity index (χ4v) is 2.43. The van der Waals surface area contributed by atoms with E-state index in [1.54, 1.807) is 17.9 Å². The van der Waals surface area contributed by atoms with Crippen molar-refractivity contribution < 1.29 is 14.1 Å². The number of carbonyl (C=O) groups is 2. The topological polar surface area (TPSA) is 78.7 Å². The largest absolute Gasteiger partial charge is 0.352 e. The van der Waals surface area contributed by atoms with E-state index in [1.807, 2.05) is 0 Å². The van der Waals surface area contributed by atoms with Gasteiger partial charge >= 0.3 is 0 Å². The van der Waals surface area contributed by atoms with Crippen LogP contribution in [0.5, 0.6) is 0 Å². The Hall–Kier alpha value is -1.89. The quantitative estimate of drug-likeness (QED) is 0.846. The molecule has 0 atom stereocenters. The molecule has 1 aromatic heterocycles. The predicted molar refractivity (Wildman–Crippen MR) is 74.7 cm³/mol. The van der Waals surface area contributed by atoms with Gasteiger partial charge in [-0.05, 0) is 19.8 Å². The number of hydrogen-bond acceptors (Lipinski definition) is 5. The van der Waals surface area contributed by atoms with Crippen LogP contribution in [0.4, 0.5) is 0 Å². The molecule has 0 bridgehead atoms. The van der Waals surface area contributed by atoms with Gasteiger partial charge in [0, 0.05) is 38.3 Å². The summed E-state index contributed by atoms with van der Waals surface area (Å²) in [5.74, 6) is 0.244. The molecule has 114 valence electrons. The molecule has 3 rings (SSSR count). The third-order valence-electron chi connectivity index (χ3n) is 3.81. The molecule has 2 aliphatic rings. The molecule has 1 saturated heterocycles. The zero-order valence-corrected chi connectivity index (χ0v) is 12.2. The van der Waals surface area contributed by atoms with Gasteiger partial charge in [0.15, 0.2) is 0 Å². The van der Waals surface area contributed by atoms with Crippen molar-refractivity contribution in [2.24, 2.45) is 0 Å². The van der Waals surface area contributed by atoms with Crippen LogP contribution in [0.15, 0.2) is 10.6 Å². The van der Waals surface area contributed by atoms with Gasteiger partial charge in [-0.3, -0.25) is 14.5 Å². The lowest BCUT2D eigenvalue weighted by Crippen LogP contribution is -2.51. The number of aryl methyl sites for hydroxylation is 1. The molecule has 0 unspecified atom stereocenters. The van der Waals surface area contributed by atoms with Crippen molar-refractivity contribution in [1.29, 1.82) is 0 Å². The van der Waals surface area contributed by atoms with Gasteiger partial charge < -0.3 is 14.7 Å². The number of amides is 2. The highest BCUT2D eigenvalue weighted by Gasteiger charge is 2.27. The number of hydrogen-bond donors (Lipinski definition) is 1. The van der Waals surface area contributed by atoms with Crippen LogP contribution in [0.2, 0.25) is 0 Å². The Kier molecular flexibility index (Phi) is 3.92. The highest BCUT2D eigenvalue weighted by Crippen LogP contribution is 2.18. The first-order chi connectivity index (χ1) is 10.1. The zero-order chi connectivity index (χ0) is 14.8. The van der Waals surface area contributed by atoms with Crippen LogP contribution < -0.4 is 5.32 Å². The molecule has 7 nitrogen and oxygen atoms in total. The van der Waals surface area contributed by atoms with E-state index in [2.05, 4.69) is 15.4 Å². The molecule has 21 heavy (non-hydrogen) atoms. The summed E-state index contributed by atoms with van der Waals surface area (Å²) in [5.41, 5.74) is 0.703. The fraction of sp³-hybridized carbons (Fsp3) is 0.643. The minimum atomic E-state index is -0.127. The molecule has 0 spiro atoms. The van der Waals surface area contributed by atoms with Crippen LogP contribution in [0.1, 0.15) is 29.1 Å². The van der Waals surface area contributed by atoms with Crippen LogP contribution in [-0.4, -0.2) is 65.5 Å². The second kappa shape index (κ2) is 5.85. The van der Waals surface area contributed by atoms with Crippen LogP contribution >= 0.6 is 0 Å². The maximum atomic E-state index is 12.2. The molecule has 1 aromatic rings. The Morgan fingerprint density at radius 1 is 1.33 bits per heavy atom. The number of piperazine rings is 1. The zero-order valence-electron chi connectivity index (χ0n) is 12.2. The molecular weight excluding hydrogens is 272 g/mol. The minimum Gasteiger partial charge on any atom is -0.352 e. The maximum Gasteiger partial charge on any atom is 0.292 e. The summed E-state index contributed by atoms with van der Waals surface area (Å²) in [6.07, 6.45) is 2.20. The molecule has 0 radical (unpaired) electrons. The lowest BCUT2D eigenvalue weighted by Gasteiger charge is -2.33. The van der Waals surface area contributed by atoms with Crippen LogP contribution in [0.3, 0.4) is 0 Å². The first kappa shape index (κ1) is 14.1. The summed E-state index contributed by atoms with van der Waals surface area (Å²) in [7, 11) is 0. The van der Waals surface area contributed by atoms with Crippen molar-refractivity contribution in [3.05, 3.63) is 17.5 Å². The molecule has 0 aromatic carbocycles. The third-order valence-corrected chi connectivity index (χ3v) is 3.81. The van der Waals surface area contributed by atoms with Gasteiger partial charge in [-0.2, -0.15) is 0 Å². The molecular formula is C14H20N4O3. The van der Waals surface area contributed by atoms with E-state index in [1.165, 1.54) is 0 Å². The first-order valence-electron chi connectivity index (χ1n) is 7.36. The van der Waals surface area contributed by atoms with Crippen molar-refractivity contribution in [2.45, 2.75) is 25.8 Å². The Balaban J connectivity index is 1.46. The lowest BCUT2D eigenvalue weighted by atomic mass is 10.2. The number of nitrogens with zero attached hydrogens (tertiary/aromatic N) is 3. The molecule has 1 N–H and O–H groups in total. The van der Waals surface area contributed by atoms with Crippen molar-refractivity contribution in [1.82, 2.24) is 20.3 Å². The summed E-state index contributed by atoms with van der Waals surface area (Å²) in [4.78, 5) is 27.8. The highest BCUT2D eigenvalue weighted by atomic mass is 16.5. The molecule has 2 amide bonds. The van der Waals surface area contributed by atoms with Gasteiger partial charge in [-0.15, -0.1) is 0 Å². The summed E-state index contributed by atoms with van der Waals surface area (Å²) in [5, 5.41) is 6.71. The number of aromatic nitrogens is 1. The standard InChI is InChI=1S/C14H20N4O3/c1-10-8-12(21-16-10)14(20)18-6-4-17(5-7-18)9-13(19)15-11-2-3-11/h8,11H,2-7,9H2,1H3,(H,15,19). The van der Waals surface area contributed by atoms with E-state index in [0.29, 0.717) is 44.5 Å². The molecule has 1 aliphatic heterocycles. The van der Waals surface area contributed by atoms with Crippen molar-refractivity contribution >= 4 is 11.8 Å². The minimum absolute atomic E-state index is 0.0862. The van der Waals surface area contributed by atoms with Gasteiger partial charge in [0.1, 0.15) is 0 Å². The average molecular weight is 292 g/mol. The van der Waals surface area contributed by atoms with E-state index >= 15 is 0 Å². The molecule has 1 aliphatic carbocycles. The van der Waals surface area contributed by atoms with Gasteiger partial charge in [0.2, 0.25) is 11.7 Å². The maximum absolute atomic E-state index is 12.2. The van der Waals surface area contributed by atoms with Crippen LogP contribution in [0.25, 0.3) is 0 Å². The van der Waals surface area contributed by atoms with E-state index in [-0.39, 0.29) is 17.6 Å². The first-order valence-corrected chi connectivity index (χ1v) is 7.36. The second-order valence-corrected chi connectivity index (χ2v) is 5.74. The smallest absolute Gasteiger partial charge is 0.292 e. The number of nitrogens with one attached hydrogen (secondary N) is 1. The summed E-state index contributed by atoms with van der Waals surface area (Å²) >= 11 is 0. The molecule has 7 heteroatoms. The van der Waals surface area contributed by atoms with Crippen LogP contribution in [0, 0.1) is 6.92 Å². The number of rotatable bonds is 4. The predicted octanol–water partition coefficient (Wildman–Crippen LogP) is 0.0194. The molecule has 2 fully saturated rings. The third kappa shape index (κ3) is 3.60. The highest BCUT2D eigenvalue weighted by molar-refractivity contribution is 5.91. The summed E-state index contributed by atoms with van der Waals surface area (Å²) in [6.45, 7) is 4.83. The van der Waals surface area contributed by atoms with Crippen molar-refractivity contribution in [2.75, 3.05) is 32.7 Å². The van der Waals surface area contributed by atoms with Gasteiger partial charge in [-0.1, -0.05) is 5.16 Å². The average Bonchev–Trinajstić information content (AvgIpc) is 3.17. The normalized spacial score (nSPS) is 19.6. The van der Waals surface area contributed by atoms with Gasteiger partial charge in [-0.25, -0.2) is 0 Å². The van der Waals surface area contributed by atoms with E-state index in [9.17, 15) is 9.59 Å². The Labute approximate surface area is 123 Å². The Morgan fingerprint density at radius 3 is 2.62 bits per heavy atom. The van der Waals surface area contributed by atoms with E-state index in [0.717, 1.165) is 12.8 Å². The Bertz CT molecular complexity index is 530. The van der Waals surface area contributed by atoms with Crippen LogP contribution in [-0.2, 0) is 4.79 Å². The van der Waals surface area contributed by atoms with E-state index in [4.69, 9.17) is 4.52 Å². The van der Waals surface area contributed by atoms with E-state index < -0.39 is 0 Å². The van der Waals surface area contributed by atoms with Crippen molar-refractivity contribution in [3.8, 4) is 0 Å². The SMILES string of the molecule is Cc1cc(C(=O)N2CCN(CC(=O)NC3CC3)CC2)on1. The monoisotopic (exact) mass is 292 g/mol. The fourth-order valence-electron chi connectivity index (χ4n) is 2.43. The summed E-state index contributed by atoms with van der Waals surface area (Å²) < 4.78 is 5.00. The molecule has 1 saturated carbocycles. The molecule has 2 heterocycles. The van der Waals surface area contributed by atoms with Gasteiger partial charge in [0.25, 0.3) is 5.91 Å². The Morgan fingerprint density at radius 2 is 2.05 bits per heavy atom.